The van der Waals surface area contributed by atoms with E-state index in [1.54, 1.807) is 48.5 Å². The molecule has 0 fully saturated rings. The lowest BCUT2D eigenvalue weighted by Crippen LogP contribution is -2.31. The Morgan fingerprint density at radius 1 is 0.968 bits per heavy atom. The van der Waals surface area contributed by atoms with Crippen molar-refractivity contribution in [3.63, 3.8) is 0 Å². The topological polar surface area (TPSA) is 113 Å². The highest BCUT2D eigenvalue weighted by molar-refractivity contribution is 7.92. The predicted octanol–water partition coefficient (Wildman–Crippen LogP) is 2.28. The third-order valence-electron chi connectivity index (χ3n) is 4.50. The highest BCUT2D eigenvalue weighted by Crippen LogP contribution is 2.24. The van der Waals surface area contributed by atoms with Gasteiger partial charge in [0.25, 0.3) is 0 Å². The summed E-state index contributed by atoms with van der Waals surface area (Å²) in [5.41, 5.74) is 1.33. The number of carbonyl (C=O) groups is 1. The average molecular weight is 470 g/mol. The Balaban J connectivity index is 2.02. The number of ether oxygens (including phenoxy) is 1. The van der Waals surface area contributed by atoms with Crippen LogP contribution >= 0.6 is 0 Å². The van der Waals surface area contributed by atoms with Gasteiger partial charge in [-0.3, -0.25) is 13.4 Å². The number of nitrogens with zero attached hydrogens (tertiary/aromatic N) is 2. The van der Waals surface area contributed by atoms with Crippen LogP contribution in [0.3, 0.4) is 0 Å². The standard InChI is InChI=1S/C20H27N3O6S2/c1-22(30(3,25)26)17-9-5-8-16(14-17)21-20(24)12-7-13-23(31(4,27)28)18-10-6-11-19(15-18)29-2/h5-6,8-11,14-15H,7,12-13H2,1-4H3,(H,21,24). The molecule has 0 saturated heterocycles. The fraction of sp³-hybridized carbons (Fsp3) is 0.350. The second kappa shape index (κ2) is 10.0. The van der Waals surface area contributed by atoms with Gasteiger partial charge in [0.2, 0.25) is 26.0 Å². The van der Waals surface area contributed by atoms with Crippen molar-refractivity contribution in [1.82, 2.24) is 0 Å². The quantitative estimate of drug-likeness (QED) is 0.571. The van der Waals surface area contributed by atoms with E-state index in [2.05, 4.69) is 5.32 Å². The van der Waals surface area contributed by atoms with Gasteiger partial charge in [-0.25, -0.2) is 16.8 Å². The fourth-order valence-corrected chi connectivity index (χ4v) is 4.28. The van der Waals surface area contributed by atoms with Crippen LogP contribution in [0.2, 0.25) is 0 Å². The lowest BCUT2D eigenvalue weighted by molar-refractivity contribution is -0.116. The molecule has 31 heavy (non-hydrogen) atoms. The molecular weight excluding hydrogens is 442 g/mol. The summed E-state index contributed by atoms with van der Waals surface area (Å²) in [5.74, 6) is 0.223. The molecule has 0 atom stereocenters. The van der Waals surface area contributed by atoms with Gasteiger partial charge in [-0.1, -0.05) is 12.1 Å². The first kappa shape index (κ1) is 24.5. The zero-order chi connectivity index (χ0) is 23.2. The summed E-state index contributed by atoms with van der Waals surface area (Å²) < 4.78 is 55.3. The van der Waals surface area contributed by atoms with Crippen molar-refractivity contribution >= 4 is 43.0 Å². The fourth-order valence-electron chi connectivity index (χ4n) is 2.83. The summed E-state index contributed by atoms with van der Waals surface area (Å²) >= 11 is 0. The van der Waals surface area contributed by atoms with Crippen molar-refractivity contribution in [2.75, 3.05) is 47.1 Å². The Morgan fingerprint density at radius 3 is 2.23 bits per heavy atom. The van der Waals surface area contributed by atoms with Gasteiger partial charge in [0.15, 0.2) is 0 Å². The van der Waals surface area contributed by atoms with Crippen molar-refractivity contribution in [3.8, 4) is 5.75 Å². The molecule has 1 amide bonds. The number of amides is 1. The number of sulfonamides is 2. The van der Waals surface area contributed by atoms with Gasteiger partial charge in [-0.2, -0.15) is 0 Å². The van der Waals surface area contributed by atoms with E-state index in [1.807, 2.05) is 0 Å². The number of methoxy groups -OCH3 is 1. The minimum absolute atomic E-state index is 0.0854. The molecule has 0 aliphatic rings. The van der Waals surface area contributed by atoms with Crippen LogP contribution in [0, 0.1) is 0 Å². The minimum Gasteiger partial charge on any atom is -0.497 e. The van der Waals surface area contributed by atoms with Crippen LogP contribution in [-0.2, 0) is 24.8 Å². The van der Waals surface area contributed by atoms with Crippen LogP contribution in [0.5, 0.6) is 5.75 Å². The van der Waals surface area contributed by atoms with Gasteiger partial charge in [-0.15, -0.1) is 0 Å². The molecular formula is C20H27N3O6S2. The minimum atomic E-state index is -3.55. The Bertz CT molecular complexity index is 1130. The van der Waals surface area contributed by atoms with Crippen molar-refractivity contribution in [1.29, 1.82) is 0 Å². The summed E-state index contributed by atoms with van der Waals surface area (Å²) in [6.07, 6.45) is 2.58. The van der Waals surface area contributed by atoms with E-state index in [-0.39, 0.29) is 18.9 Å². The van der Waals surface area contributed by atoms with E-state index in [9.17, 15) is 21.6 Å². The number of hydrogen-bond acceptors (Lipinski definition) is 6. The molecule has 9 nitrogen and oxygen atoms in total. The van der Waals surface area contributed by atoms with Gasteiger partial charge in [-0.05, 0) is 36.8 Å². The molecule has 0 heterocycles. The predicted molar refractivity (Wildman–Crippen MR) is 123 cm³/mol. The molecule has 2 rings (SSSR count). The summed E-state index contributed by atoms with van der Waals surface area (Å²) in [6.45, 7) is 0.121. The zero-order valence-corrected chi connectivity index (χ0v) is 19.5. The second-order valence-corrected chi connectivity index (χ2v) is 10.9. The first-order valence-corrected chi connectivity index (χ1v) is 13.1. The van der Waals surface area contributed by atoms with Crippen LogP contribution in [0.1, 0.15) is 12.8 Å². The monoisotopic (exact) mass is 469 g/mol. The molecule has 0 aliphatic heterocycles. The number of carbonyl (C=O) groups excluding carboxylic acids is 1. The molecule has 11 heteroatoms. The Morgan fingerprint density at radius 2 is 1.61 bits per heavy atom. The molecule has 0 aliphatic carbocycles. The molecule has 170 valence electrons. The first-order chi connectivity index (χ1) is 14.4. The molecule has 0 unspecified atom stereocenters. The van der Waals surface area contributed by atoms with Crippen molar-refractivity contribution in [2.24, 2.45) is 0 Å². The van der Waals surface area contributed by atoms with Gasteiger partial charge in [0.05, 0.1) is 31.0 Å². The second-order valence-electron chi connectivity index (χ2n) is 6.97. The summed E-state index contributed by atoms with van der Waals surface area (Å²) in [7, 11) is -4.04. The number of hydrogen-bond donors (Lipinski definition) is 1. The van der Waals surface area contributed by atoms with Crippen molar-refractivity contribution < 1.29 is 26.4 Å². The van der Waals surface area contributed by atoms with Crippen LogP contribution in [0.4, 0.5) is 17.1 Å². The average Bonchev–Trinajstić information content (AvgIpc) is 2.69. The van der Waals surface area contributed by atoms with E-state index >= 15 is 0 Å². The van der Waals surface area contributed by atoms with Crippen LogP contribution < -0.4 is 18.7 Å². The van der Waals surface area contributed by atoms with Crippen molar-refractivity contribution in [3.05, 3.63) is 48.5 Å². The number of benzene rings is 2. The normalized spacial score (nSPS) is 11.6. The first-order valence-electron chi connectivity index (χ1n) is 9.37. The number of nitrogens with one attached hydrogen (secondary N) is 1. The maximum Gasteiger partial charge on any atom is 0.232 e. The van der Waals surface area contributed by atoms with Gasteiger partial charge in [0.1, 0.15) is 5.75 Å². The lowest BCUT2D eigenvalue weighted by atomic mass is 10.2. The summed E-state index contributed by atoms with van der Waals surface area (Å²) in [6, 6.07) is 13.1. The Labute approximate surface area is 183 Å². The third-order valence-corrected chi connectivity index (χ3v) is 6.90. The van der Waals surface area contributed by atoms with E-state index < -0.39 is 20.0 Å². The van der Waals surface area contributed by atoms with E-state index in [0.717, 1.165) is 16.8 Å². The molecule has 0 bridgehead atoms. The number of rotatable bonds is 10. The molecule has 0 aromatic heterocycles. The molecule has 0 radical (unpaired) electrons. The molecule has 2 aromatic rings. The molecule has 1 N–H and O–H groups in total. The van der Waals surface area contributed by atoms with E-state index in [1.165, 1.54) is 18.5 Å². The molecule has 2 aromatic carbocycles. The largest absolute Gasteiger partial charge is 0.497 e. The van der Waals surface area contributed by atoms with Crippen LogP contribution in [0.25, 0.3) is 0 Å². The van der Waals surface area contributed by atoms with Gasteiger partial charge >= 0.3 is 0 Å². The Kier molecular flexibility index (Phi) is 7.91. The van der Waals surface area contributed by atoms with Crippen LogP contribution in [0.15, 0.2) is 48.5 Å². The molecule has 0 saturated carbocycles. The maximum absolute atomic E-state index is 12.3. The van der Waals surface area contributed by atoms with Crippen LogP contribution in [-0.4, -0.2) is 56.0 Å². The zero-order valence-electron chi connectivity index (χ0n) is 17.9. The van der Waals surface area contributed by atoms with Gasteiger partial charge < -0.3 is 10.1 Å². The lowest BCUT2D eigenvalue weighted by Gasteiger charge is -2.22. The maximum atomic E-state index is 12.3. The smallest absolute Gasteiger partial charge is 0.232 e. The van der Waals surface area contributed by atoms with Gasteiger partial charge in [0, 0.05) is 31.8 Å². The summed E-state index contributed by atoms with van der Waals surface area (Å²) in [5, 5.41) is 2.71. The summed E-state index contributed by atoms with van der Waals surface area (Å²) in [4.78, 5) is 12.3. The SMILES string of the molecule is COc1cccc(N(CCCC(=O)Nc2cccc(N(C)S(C)(=O)=O)c2)S(C)(=O)=O)c1. The third kappa shape index (κ3) is 7.14. The van der Waals surface area contributed by atoms with E-state index in [0.29, 0.717) is 29.2 Å². The highest BCUT2D eigenvalue weighted by atomic mass is 32.2. The highest BCUT2D eigenvalue weighted by Gasteiger charge is 2.18. The van der Waals surface area contributed by atoms with Crippen molar-refractivity contribution in [2.45, 2.75) is 12.8 Å². The number of anilines is 3. The molecule has 0 spiro atoms. The van der Waals surface area contributed by atoms with E-state index in [4.69, 9.17) is 4.74 Å². The Hall–Kier alpha value is -2.79.